The van der Waals surface area contributed by atoms with Crippen molar-refractivity contribution in [2.75, 3.05) is 0 Å². The van der Waals surface area contributed by atoms with Crippen LogP contribution in [-0.2, 0) is 10.8 Å². The van der Waals surface area contributed by atoms with E-state index < -0.39 is 10.8 Å². The fraction of sp³-hybridized carbons (Fsp3) is 0.0164. The molecule has 0 radical (unpaired) electrons. The van der Waals surface area contributed by atoms with Gasteiger partial charge in [-0.1, -0.05) is 309 Å². The van der Waals surface area contributed by atoms with Gasteiger partial charge in [0.25, 0.3) is 0 Å². The number of hydrogen-bond acceptors (Lipinski definition) is 3. The predicted molar refractivity (Wildman–Crippen MR) is 533 cm³/mol. The van der Waals surface area contributed by atoms with Gasteiger partial charge >= 0.3 is 0 Å². The lowest BCUT2D eigenvalue weighted by Gasteiger charge is -2.34. The van der Waals surface area contributed by atoms with Crippen molar-refractivity contribution in [1.82, 2.24) is 28.2 Å². The number of rotatable bonds is 11. The SMILES string of the molecule is c1ccc(C2(c3ccccc3)c3ccccc3-c3ccc(-n4c5ccccc5c5cc(-c6ccc7c(c6)c6ccccc6n7-c6ccc7c(ccc8c(-c9ccc%10oc%11ccccc%11c%10c9)nc(-n9c%10ccccc%10c%10cc(-c%11ccc%12c(c%11)c%11ccccc%11n%12-c%11ccc%12c(c%11)C(c%11ccccc%11)(c%11ccccc%11)c%11ccccc%11-%12)ccc%109)nc87)c6)ccc54)cc32)cc1. The minimum atomic E-state index is -0.533. The van der Waals surface area contributed by atoms with Gasteiger partial charge in [-0.15, -0.1) is 0 Å². The second-order valence-corrected chi connectivity index (χ2v) is 34.9. The topological polar surface area (TPSA) is 58.6 Å². The highest BCUT2D eigenvalue weighted by Gasteiger charge is 2.48. The molecule has 129 heavy (non-hydrogen) atoms. The molecule has 2 aliphatic carbocycles. The Kier molecular flexibility index (Phi) is 15.1. The first-order valence-corrected chi connectivity index (χ1v) is 44.5. The van der Waals surface area contributed by atoms with Gasteiger partial charge in [-0.3, -0.25) is 4.57 Å². The molecule has 20 aromatic carbocycles. The van der Waals surface area contributed by atoms with Gasteiger partial charge in [-0.05, 0) is 234 Å². The summed E-state index contributed by atoms with van der Waals surface area (Å²) in [6.07, 6.45) is 0. The summed E-state index contributed by atoms with van der Waals surface area (Å²) in [4.78, 5) is 11.6. The zero-order valence-corrected chi connectivity index (χ0v) is 69.8. The van der Waals surface area contributed by atoms with E-state index in [0.29, 0.717) is 5.95 Å². The van der Waals surface area contributed by atoms with Crippen LogP contribution in [0.5, 0.6) is 0 Å². The summed E-state index contributed by atoms with van der Waals surface area (Å²) < 4.78 is 16.2. The van der Waals surface area contributed by atoms with Crippen LogP contribution in [0.4, 0.5) is 0 Å². The molecular formula is C122H74N6O. The molecule has 26 aromatic rings. The molecule has 28 rings (SSSR count). The van der Waals surface area contributed by atoms with Crippen LogP contribution in [0.2, 0.25) is 0 Å². The molecule has 2 aliphatic rings. The molecule has 0 spiro atoms. The molecule has 0 atom stereocenters. The van der Waals surface area contributed by atoms with E-state index in [1.54, 1.807) is 0 Å². The molecule has 0 aliphatic heterocycles. The molecule has 0 bridgehead atoms. The summed E-state index contributed by atoms with van der Waals surface area (Å²) in [7, 11) is 0. The Morgan fingerprint density at radius 1 is 0.194 bits per heavy atom. The Bertz CT molecular complexity index is 9190. The van der Waals surface area contributed by atoms with Crippen molar-refractivity contribution in [1.29, 1.82) is 0 Å². The molecular weight excluding hydrogens is 1570 g/mol. The Balaban J connectivity index is 0.563. The van der Waals surface area contributed by atoms with E-state index in [4.69, 9.17) is 14.4 Å². The van der Waals surface area contributed by atoms with E-state index in [1.165, 1.54) is 105 Å². The second-order valence-electron chi connectivity index (χ2n) is 34.9. The van der Waals surface area contributed by atoms with Gasteiger partial charge in [0, 0.05) is 87.3 Å². The van der Waals surface area contributed by atoms with Crippen LogP contribution in [0.3, 0.4) is 0 Å². The van der Waals surface area contributed by atoms with E-state index in [-0.39, 0.29) is 0 Å². The van der Waals surface area contributed by atoms with Crippen LogP contribution in [0, 0.1) is 0 Å². The molecule has 7 heteroatoms. The molecule has 0 saturated heterocycles. The summed E-state index contributed by atoms with van der Waals surface area (Å²) in [5.41, 5.74) is 35.3. The van der Waals surface area contributed by atoms with Crippen LogP contribution >= 0.6 is 0 Å². The molecule has 7 nitrogen and oxygen atoms in total. The molecule has 6 heterocycles. The molecule has 0 N–H and O–H groups in total. The maximum atomic E-state index is 6.48. The average Bonchev–Trinajstić information content (AvgIpc) is 1.54. The van der Waals surface area contributed by atoms with Crippen LogP contribution in [0.1, 0.15) is 44.5 Å². The largest absolute Gasteiger partial charge is 0.456 e. The van der Waals surface area contributed by atoms with Gasteiger partial charge < -0.3 is 18.1 Å². The van der Waals surface area contributed by atoms with Gasteiger partial charge in [0.2, 0.25) is 5.95 Å². The smallest absolute Gasteiger partial charge is 0.235 e. The third kappa shape index (κ3) is 10.1. The Morgan fingerprint density at radius 3 is 0.984 bits per heavy atom. The molecule has 0 unspecified atom stereocenters. The van der Waals surface area contributed by atoms with Crippen molar-refractivity contribution in [3.63, 3.8) is 0 Å². The zero-order chi connectivity index (χ0) is 84.3. The molecule has 0 fully saturated rings. The Labute approximate surface area is 741 Å². The maximum Gasteiger partial charge on any atom is 0.235 e. The van der Waals surface area contributed by atoms with Gasteiger partial charge in [0.05, 0.1) is 66.2 Å². The fourth-order valence-electron chi connectivity index (χ4n) is 23.0. The van der Waals surface area contributed by atoms with Gasteiger partial charge in [-0.25, -0.2) is 9.97 Å². The Hall–Kier alpha value is -17.0. The number of para-hydroxylation sites is 5. The van der Waals surface area contributed by atoms with Crippen molar-refractivity contribution in [2.45, 2.75) is 10.8 Å². The van der Waals surface area contributed by atoms with E-state index >= 15 is 0 Å². The van der Waals surface area contributed by atoms with E-state index in [1.807, 2.05) is 12.1 Å². The summed E-state index contributed by atoms with van der Waals surface area (Å²) >= 11 is 0. The first kappa shape index (κ1) is 71.4. The van der Waals surface area contributed by atoms with Crippen LogP contribution < -0.4 is 0 Å². The van der Waals surface area contributed by atoms with Crippen molar-refractivity contribution in [3.8, 4) is 78.8 Å². The summed E-state index contributed by atoms with van der Waals surface area (Å²) in [6.45, 7) is 0. The number of aromatic nitrogens is 6. The van der Waals surface area contributed by atoms with Crippen LogP contribution in [-0.4, -0.2) is 28.2 Å². The molecule has 0 saturated carbocycles. The highest BCUT2D eigenvalue weighted by atomic mass is 16.3. The highest BCUT2D eigenvalue weighted by molar-refractivity contribution is 6.18. The number of fused-ring (bicyclic) bond motifs is 24. The van der Waals surface area contributed by atoms with Gasteiger partial charge in [0.1, 0.15) is 11.2 Å². The number of nitrogens with zero attached hydrogens (tertiary/aromatic N) is 6. The lowest BCUT2D eigenvalue weighted by atomic mass is 9.67. The van der Waals surface area contributed by atoms with E-state index in [9.17, 15) is 0 Å². The minimum Gasteiger partial charge on any atom is -0.456 e. The Morgan fingerprint density at radius 2 is 0.527 bits per heavy atom. The predicted octanol–water partition coefficient (Wildman–Crippen LogP) is 30.8. The van der Waals surface area contributed by atoms with Crippen LogP contribution in [0.15, 0.2) is 453 Å². The zero-order valence-electron chi connectivity index (χ0n) is 69.8. The number of hydrogen-bond donors (Lipinski definition) is 0. The molecule has 6 aromatic heterocycles. The minimum absolute atomic E-state index is 0.524. The lowest BCUT2D eigenvalue weighted by molar-refractivity contribution is 0.669. The van der Waals surface area contributed by atoms with Crippen molar-refractivity contribution in [2.24, 2.45) is 0 Å². The number of benzene rings is 20. The normalized spacial score (nSPS) is 13.2. The van der Waals surface area contributed by atoms with Crippen molar-refractivity contribution in [3.05, 3.63) is 493 Å². The van der Waals surface area contributed by atoms with E-state index in [2.05, 4.69) is 455 Å². The van der Waals surface area contributed by atoms with Gasteiger partial charge in [0.15, 0.2) is 0 Å². The second kappa shape index (κ2) is 27.3. The highest BCUT2D eigenvalue weighted by Crippen LogP contribution is 2.59. The fourth-order valence-corrected chi connectivity index (χ4v) is 23.0. The standard InChI is InChI=1S/C122H74N6O/c1-5-27-81(28-6-1)121(82-29-7-2-8-30-82)104-42-20-13-35-89(104)91-60-56-86(73-106(91)121)126-109-45-23-16-38-94(109)100-69-76(51-63-113(100)126)75-50-62-112-99(68-75)93-37-15-22-44-108(93)125(112)85-55-59-88-79(67-85)49-58-98-118(80-54-66-117-103(72-80)97-41-19-26-48-116(97)129-117)123-120(124-119(88)98)128-111-47-25-18-40-96(111)102-71-78(53-65-115(102)128)77-52-64-114-101(70-77)95-39-17-24-46-110(95)127(114)87-57-61-92-90-36-14-21-43-105(90)122(107(92)74-87,83-31-9-3-10-32-83)84-33-11-4-12-34-84/h1-74H. The monoisotopic (exact) mass is 1640 g/mol. The quantitative estimate of drug-likeness (QED) is 0.121. The molecule has 0 amide bonds. The van der Waals surface area contributed by atoms with Crippen LogP contribution in [0.25, 0.3) is 210 Å². The summed E-state index contributed by atoms with van der Waals surface area (Å²) in [6, 6.07) is 166. The third-order valence-electron chi connectivity index (χ3n) is 28.5. The molecule has 598 valence electrons. The average molecular weight is 1640 g/mol. The number of furan rings is 1. The van der Waals surface area contributed by atoms with Crippen molar-refractivity contribution >= 4 is 131 Å². The third-order valence-corrected chi connectivity index (χ3v) is 28.5. The van der Waals surface area contributed by atoms with E-state index in [0.717, 1.165) is 144 Å². The maximum absolute atomic E-state index is 6.48. The van der Waals surface area contributed by atoms with Gasteiger partial charge in [-0.2, -0.15) is 0 Å². The lowest BCUT2D eigenvalue weighted by Crippen LogP contribution is -2.28. The van der Waals surface area contributed by atoms with Crippen molar-refractivity contribution < 1.29 is 4.42 Å². The summed E-state index contributed by atoms with van der Waals surface area (Å²) in [5, 5.41) is 14.5. The first-order valence-electron chi connectivity index (χ1n) is 44.5. The summed E-state index contributed by atoms with van der Waals surface area (Å²) in [5.74, 6) is 0.586. The first-order chi connectivity index (χ1) is 64.0.